The molecule has 0 fully saturated rings. The van der Waals surface area contributed by atoms with Gasteiger partial charge in [0.15, 0.2) is 5.82 Å². The Hall–Kier alpha value is -3.28. The molecule has 0 spiro atoms. The maximum atomic E-state index is 12.6. The summed E-state index contributed by atoms with van der Waals surface area (Å²) < 4.78 is 0. The zero-order valence-electron chi connectivity index (χ0n) is 15.0. The monoisotopic (exact) mass is 347 g/mol. The van der Waals surface area contributed by atoms with Gasteiger partial charge < -0.3 is 10.6 Å². The molecule has 2 heterocycles. The zero-order chi connectivity index (χ0) is 18.5. The lowest BCUT2D eigenvalue weighted by Gasteiger charge is -2.17. The maximum Gasteiger partial charge on any atom is 0.253 e. The molecule has 6 nitrogen and oxygen atoms in total. The molecule has 1 amide bonds. The largest absolute Gasteiger partial charge is 0.387 e. The van der Waals surface area contributed by atoms with E-state index in [1.54, 1.807) is 31.7 Å². The molecule has 0 bridgehead atoms. The average molecular weight is 347 g/mol. The highest BCUT2D eigenvalue weighted by Gasteiger charge is 2.17. The predicted octanol–water partition coefficient (Wildman–Crippen LogP) is 3.38. The van der Waals surface area contributed by atoms with Crippen LogP contribution in [0.15, 0.2) is 55.0 Å². The second-order valence-electron chi connectivity index (χ2n) is 5.96. The average Bonchev–Trinajstić information content (AvgIpc) is 2.68. The van der Waals surface area contributed by atoms with Crippen LogP contribution in [0.4, 0.5) is 5.69 Å². The number of aromatic nitrogens is 3. The van der Waals surface area contributed by atoms with Crippen molar-refractivity contribution < 1.29 is 4.79 Å². The SMILES string of the molecule is CNc1ccccc1C(=O)NC(C)c1cnc(-c2ccncc2)nc1C. The number of rotatable bonds is 5. The van der Waals surface area contributed by atoms with Crippen molar-refractivity contribution in [3.05, 3.63) is 71.8 Å². The van der Waals surface area contributed by atoms with Crippen LogP contribution in [0.1, 0.15) is 34.6 Å². The fourth-order valence-electron chi connectivity index (χ4n) is 2.79. The van der Waals surface area contributed by atoms with Crippen molar-refractivity contribution in [2.45, 2.75) is 19.9 Å². The molecule has 1 unspecified atom stereocenters. The van der Waals surface area contributed by atoms with Crippen molar-refractivity contribution >= 4 is 11.6 Å². The van der Waals surface area contributed by atoms with E-state index < -0.39 is 0 Å². The van der Waals surface area contributed by atoms with Gasteiger partial charge in [-0.1, -0.05) is 12.1 Å². The van der Waals surface area contributed by atoms with Crippen molar-refractivity contribution in [1.29, 1.82) is 0 Å². The summed E-state index contributed by atoms with van der Waals surface area (Å²) >= 11 is 0. The van der Waals surface area contributed by atoms with Crippen LogP contribution in [0, 0.1) is 6.92 Å². The van der Waals surface area contributed by atoms with Crippen molar-refractivity contribution in [2.75, 3.05) is 12.4 Å². The van der Waals surface area contributed by atoms with Crippen molar-refractivity contribution in [3.8, 4) is 11.4 Å². The van der Waals surface area contributed by atoms with E-state index in [0.717, 1.165) is 22.5 Å². The van der Waals surface area contributed by atoms with E-state index in [1.807, 2.05) is 44.2 Å². The summed E-state index contributed by atoms with van der Waals surface area (Å²) in [6.45, 7) is 3.85. The van der Waals surface area contributed by atoms with E-state index >= 15 is 0 Å². The maximum absolute atomic E-state index is 12.6. The second kappa shape index (κ2) is 7.74. The number of hydrogen-bond acceptors (Lipinski definition) is 5. The molecule has 0 saturated carbocycles. The molecule has 6 heteroatoms. The molecule has 3 aromatic rings. The first-order valence-corrected chi connectivity index (χ1v) is 8.41. The van der Waals surface area contributed by atoms with E-state index in [4.69, 9.17) is 0 Å². The molecule has 0 aliphatic rings. The lowest BCUT2D eigenvalue weighted by atomic mass is 10.1. The van der Waals surface area contributed by atoms with Gasteiger partial charge >= 0.3 is 0 Å². The molecule has 1 aromatic carbocycles. The summed E-state index contributed by atoms with van der Waals surface area (Å²) in [6, 6.07) is 10.9. The number of amides is 1. The summed E-state index contributed by atoms with van der Waals surface area (Å²) in [5, 5.41) is 6.05. The Kier molecular flexibility index (Phi) is 5.22. The first kappa shape index (κ1) is 17.5. The predicted molar refractivity (Wildman–Crippen MR) is 102 cm³/mol. The van der Waals surface area contributed by atoms with Gasteiger partial charge in [0.2, 0.25) is 0 Å². The number of hydrogen-bond donors (Lipinski definition) is 2. The Morgan fingerprint density at radius 3 is 2.54 bits per heavy atom. The van der Waals surface area contributed by atoms with Crippen LogP contribution in [-0.2, 0) is 0 Å². The van der Waals surface area contributed by atoms with Crippen LogP contribution < -0.4 is 10.6 Å². The topological polar surface area (TPSA) is 79.8 Å². The van der Waals surface area contributed by atoms with E-state index in [2.05, 4.69) is 25.6 Å². The van der Waals surface area contributed by atoms with Gasteiger partial charge in [0.05, 0.1) is 11.6 Å². The number of carbonyl (C=O) groups excluding carboxylic acids is 1. The third-order valence-electron chi connectivity index (χ3n) is 4.21. The van der Waals surface area contributed by atoms with E-state index in [-0.39, 0.29) is 11.9 Å². The number of anilines is 1. The molecule has 0 saturated heterocycles. The minimum atomic E-state index is -0.209. The highest BCUT2D eigenvalue weighted by Crippen LogP contribution is 2.21. The minimum Gasteiger partial charge on any atom is -0.387 e. The molecule has 1 atom stereocenters. The molecular weight excluding hydrogens is 326 g/mol. The number of aryl methyl sites for hydroxylation is 1. The summed E-state index contributed by atoms with van der Waals surface area (Å²) in [6.07, 6.45) is 5.20. The van der Waals surface area contributed by atoms with Crippen LogP contribution in [0.3, 0.4) is 0 Å². The van der Waals surface area contributed by atoms with Gasteiger partial charge in [-0.05, 0) is 38.1 Å². The van der Waals surface area contributed by atoms with E-state index in [0.29, 0.717) is 11.4 Å². The standard InChI is InChI=1S/C20H21N5O/c1-13-17(12-23-19(24-13)15-8-10-22-11-9-15)14(2)25-20(26)16-6-4-5-7-18(16)21-3/h4-12,14,21H,1-3H3,(H,25,26). The summed E-state index contributed by atoms with van der Waals surface area (Å²) in [5.74, 6) is 0.507. The summed E-state index contributed by atoms with van der Waals surface area (Å²) in [7, 11) is 1.80. The first-order valence-electron chi connectivity index (χ1n) is 8.41. The Morgan fingerprint density at radius 1 is 1.12 bits per heavy atom. The number of para-hydroxylation sites is 1. The van der Waals surface area contributed by atoms with Crippen LogP contribution >= 0.6 is 0 Å². The Balaban J connectivity index is 1.80. The molecule has 3 rings (SSSR count). The van der Waals surface area contributed by atoms with Gasteiger partial charge in [-0.3, -0.25) is 9.78 Å². The fraction of sp³-hybridized carbons (Fsp3) is 0.200. The molecule has 0 aliphatic carbocycles. The smallest absolute Gasteiger partial charge is 0.253 e. The minimum absolute atomic E-state index is 0.139. The molecule has 26 heavy (non-hydrogen) atoms. The highest BCUT2D eigenvalue weighted by atomic mass is 16.1. The van der Waals surface area contributed by atoms with Crippen LogP contribution in [0.5, 0.6) is 0 Å². The van der Waals surface area contributed by atoms with Crippen molar-refractivity contribution in [2.24, 2.45) is 0 Å². The highest BCUT2D eigenvalue weighted by molar-refractivity contribution is 5.99. The number of carbonyl (C=O) groups is 1. The fourth-order valence-corrected chi connectivity index (χ4v) is 2.79. The number of nitrogens with zero attached hydrogens (tertiary/aromatic N) is 3. The lowest BCUT2D eigenvalue weighted by Crippen LogP contribution is -2.28. The molecule has 2 N–H and O–H groups in total. The third kappa shape index (κ3) is 3.69. The van der Waals surface area contributed by atoms with Crippen molar-refractivity contribution in [3.63, 3.8) is 0 Å². The van der Waals surface area contributed by atoms with E-state index in [1.165, 1.54) is 0 Å². The number of nitrogens with one attached hydrogen (secondary N) is 2. The molecular formula is C20H21N5O. The van der Waals surface area contributed by atoms with Crippen LogP contribution in [0.2, 0.25) is 0 Å². The van der Waals surface area contributed by atoms with Gasteiger partial charge in [-0.2, -0.15) is 0 Å². The normalized spacial score (nSPS) is 11.7. The summed E-state index contributed by atoms with van der Waals surface area (Å²) in [4.78, 5) is 25.6. The van der Waals surface area contributed by atoms with Crippen LogP contribution in [-0.4, -0.2) is 27.9 Å². The van der Waals surface area contributed by atoms with Crippen molar-refractivity contribution in [1.82, 2.24) is 20.3 Å². The number of pyridine rings is 1. The second-order valence-corrected chi connectivity index (χ2v) is 5.96. The molecule has 2 aromatic heterocycles. The van der Waals surface area contributed by atoms with Gasteiger partial charge in [0.25, 0.3) is 5.91 Å². The zero-order valence-corrected chi connectivity index (χ0v) is 15.0. The van der Waals surface area contributed by atoms with Gasteiger partial charge in [-0.15, -0.1) is 0 Å². The summed E-state index contributed by atoms with van der Waals surface area (Å²) in [5.41, 5.74) is 4.03. The Morgan fingerprint density at radius 2 is 1.85 bits per heavy atom. The molecule has 0 radical (unpaired) electrons. The van der Waals surface area contributed by atoms with Crippen LogP contribution in [0.25, 0.3) is 11.4 Å². The van der Waals surface area contributed by atoms with Gasteiger partial charge in [0, 0.05) is 48.1 Å². The molecule has 0 aliphatic heterocycles. The van der Waals surface area contributed by atoms with Gasteiger partial charge in [-0.25, -0.2) is 9.97 Å². The first-order chi connectivity index (χ1) is 12.6. The third-order valence-corrected chi connectivity index (χ3v) is 4.21. The Bertz CT molecular complexity index is 911. The quantitative estimate of drug-likeness (QED) is 0.740. The Labute approximate surface area is 152 Å². The lowest BCUT2D eigenvalue weighted by molar-refractivity contribution is 0.0940. The molecule has 132 valence electrons. The van der Waals surface area contributed by atoms with Gasteiger partial charge in [0.1, 0.15) is 0 Å². The van der Waals surface area contributed by atoms with E-state index in [9.17, 15) is 4.79 Å². The number of benzene rings is 1.